The number of hydrogen-bond acceptors (Lipinski definition) is 7. The Labute approximate surface area is 220 Å². The van der Waals surface area contributed by atoms with Gasteiger partial charge in [-0.15, -0.1) is 0 Å². The summed E-state index contributed by atoms with van der Waals surface area (Å²) in [6.45, 7) is 1.69. The van der Waals surface area contributed by atoms with Gasteiger partial charge in [0, 0.05) is 40.6 Å². The van der Waals surface area contributed by atoms with Crippen LogP contribution in [0.5, 0.6) is 5.75 Å². The molecule has 1 atom stereocenters. The first-order valence-corrected chi connectivity index (χ1v) is 11.8. The quantitative estimate of drug-likeness (QED) is 0.258. The number of nitrogens with two attached hydrogens (primary N) is 1. The first kappa shape index (κ1) is 27.2. The number of nitrogens with one attached hydrogen (secondary N) is 1. The Balaban J connectivity index is 1.80. The minimum atomic E-state index is -1.11. The van der Waals surface area contributed by atoms with Gasteiger partial charge in [0.15, 0.2) is 17.4 Å². The molecule has 0 bridgehead atoms. The molecule has 1 aliphatic carbocycles. The van der Waals surface area contributed by atoms with E-state index in [1.165, 1.54) is 38.5 Å². The number of carbonyl (C=O) groups excluding carboxylic acids is 3. The molecular weight excluding hydrogens is 514 g/mol. The SMILES string of the molecule is COC(=O)CCC(NC(=O)c1ccc(-c2c3cc(F)c(=O)cc-3oc3cc(OC)c(F)cc23)c(C)c1)C(N)=O. The smallest absolute Gasteiger partial charge is 0.305 e. The molecular formula is C28H24F2N2O7. The summed E-state index contributed by atoms with van der Waals surface area (Å²) >= 11 is 0. The molecule has 0 aromatic heterocycles. The van der Waals surface area contributed by atoms with Crippen molar-refractivity contribution in [1.29, 1.82) is 0 Å². The van der Waals surface area contributed by atoms with E-state index in [0.29, 0.717) is 16.7 Å². The van der Waals surface area contributed by atoms with E-state index in [9.17, 15) is 28.0 Å². The number of hydrogen-bond donors (Lipinski definition) is 2. The molecule has 202 valence electrons. The van der Waals surface area contributed by atoms with Crippen molar-refractivity contribution in [1.82, 2.24) is 5.32 Å². The molecule has 2 aromatic carbocycles. The van der Waals surface area contributed by atoms with Crippen LogP contribution in [0.15, 0.2) is 51.7 Å². The topological polar surface area (TPSA) is 138 Å². The van der Waals surface area contributed by atoms with Gasteiger partial charge in [-0.05, 0) is 48.7 Å². The number of aryl methyl sites for hydroxylation is 1. The number of rotatable bonds is 8. The predicted molar refractivity (Wildman–Crippen MR) is 137 cm³/mol. The van der Waals surface area contributed by atoms with Crippen LogP contribution in [0.4, 0.5) is 8.78 Å². The van der Waals surface area contributed by atoms with E-state index in [2.05, 4.69) is 10.1 Å². The maximum atomic E-state index is 14.7. The normalized spacial score (nSPS) is 11.8. The van der Waals surface area contributed by atoms with Crippen LogP contribution in [0.3, 0.4) is 0 Å². The lowest BCUT2D eigenvalue weighted by atomic mass is 9.90. The zero-order chi connectivity index (χ0) is 28.4. The number of ether oxygens (including phenoxy) is 2. The number of fused-ring (bicyclic) bond motifs is 2. The molecule has 1 heterocycles. The van der Waals surface area contributed by atoms with Crippen molar-refractivity contribution in [2.45, 2.75) is 25.8 Å². The van der Waals surface area contributed by atoms with Crippen LogP contribution in [0, 0.1) is 18.6 Å². The maximum Gasteiger partial charge on any atom is 0.305 e. The summed E-state index contributed by atoms with van der Waals surface area (Å²) in [7, 11) is 2.50. The number of primary amides is 1. The van der Waals surface area contributed by atoms with Crippen LogP contribution in [0.1, 0.15) is 28.8 Å². The molecule has 4 rings (SSSR count). The molecule has 0 saturated heterocycles. The highest BCUT2D eigenvalue weighted by molar-refractivity contribution is 6.04. The number of methoxy groups -OCH3 is 2. The number of esters is 1. The van der Waals surface area contributed by atoms with Gasteiger partial charge in [0.25, 0.3) is 5.91 Å². The molecule has 0 saturated carbocycles. The Morgan fingerprint density at radius 2 is 1.77 bits per heavy atom. The van der Waals surface area contributed by atoms with Crippen molar-refractivity contribution in [3.63, 3.8) is 0 Å². The van der Waals surface area contributed by atoms with Crippen molar-refractivity contribution in [3.05, 3.63) is 75.4 Å². The molecule has 0 fully saturated rings. The fourth-order valence-corrected chi connectivity index (χ4v) is 4.32. The standard InChI is InChI=1S/C28H24F2N2O7/c1-13-8-14(28(36)32-20(27(31)35)6-7-25(34)38-3)4-5-15(13)26-16-9-18(29)21(33)11-22(16)39-23-12-24(37-2)19(30)10-17(23)26/h4-5,8-12,20H,6-7H2,1-3H3,(H2,31,35)(H,32,36). The van der Waals surface area contributed by atoms with E-state index in [4.69, 9.17) is 14.9 Å². The molecule has 3 N–H and O–H groups in total. The molecule has 39 heavy (non-hydrogen) atoms. The van der Waals surface area contributed by atoms with Crippen LogP contribution >= 0.6 is 0 Å². The van der Waals surface area contributed by atoms with Crippen molar-refractivity contribution >= 4 is 28.8 Å². The third-order valence-electron chi connectivity index (χ3n) is 6.32. The minimum Gasteiger partial charge on any atom is -0.494 e. The largest absolute Gasteiger partial charge is 0.494 e. The zero-order valence-corrected chi connectivity index (χ0v) is 21.2. The molecule has 11 heteroatoms. The first-order valence-electron chi connectivity index (χ1n) is 11.8. The summed E-state index contributed by atoms with van der Waals surface area (Å²) < 4.78 is 44.5. The zero-order valence-electron chi connectivity index (χ0n) is 21.2. The average molecular weight is 539 g/mol. The fraction of sp³-hybridized carbons (Fsp3) is 0.214. The molecule has 2 aliphatic rings. The van der Waals surface area contributed by atoms with Gasteiger partial charge < -0.3 is 24.9 Å². The van der Waals surface area contributed by atoms with Crippen LogP contribution in [0.25, 0.3) is 33.4 Å². The van der Waals surface area contributed by atoms with E-state index in [-0.39, 0.29) is 46.4 Å². The Kier molecular flexibility index (Phi) is 7.61. The summed E-state index contributed by atoms with van der Waals surface area (Å²) in [6, 6.07) is 8.03. The molecule has 1 unspecified atom stereocenters. The van der Waals surface area contributed by atoms with Crippen molar-refractivity contribution < 1.29 is 37.1 Å². The second-order valence-electron chi connectivity index (χ2n) is 8.81. The van der Waals surface area contributed by atoms with Crippen molar-refractivity contribution in [2.75, 3.05) is 14.2 Å². The third kappa shape index (κ3) is 5.42. The second-order valence-corrected chi connectivity index (χ2v) is 8.81. The van der Waals surface area contributed by atoms with Gasteiger partial charge in [-0.2, -0.15) is 0 Å². The Bertz CT molecular complexity index is 1650. The summed E-state index contributed by atoms with van der Waals surface area (Å²) in [6.07, 6.45) is -0.164. The summed E-state index contributed by atoms with van der Waals surface area (Å²) in [4.78, 5) is 48.1. The average Bonchev–Trinajstić information content (AvgIpc) is 2.90. The lowest BCUT2D eigenvalue weighted by Gasteiger charge is -2.19. The van der Waals surface area contributed by atoms with Crippen LogP contribution in [-0.4, -0.2) is 38.0 Å². The Morgan fingerprint density at radius 3 is 2.41 bits per heavy atom. The molecule has 1 aliphatic heterocycles. The summed E-state index contributed by atoms with van der Waals surface area (Å²) in [5.74, 6) is -3.68. The maximum absolute atomic E-state index is 14.7. The monoisotopic (exact) mass is 538 g/mol. The van der Waals surface area contributed by atoms with Gasteiger partial charge in [-0.3, -0.25) is 19.2 Å². The van der Waals surface area contributed by atoms with Crippen LogP contribution in [-0.2, 0) is 14.3 Å². The lowest BCUT2D eigenvalue weighted by Crippen LogP contribution is -2.44. The van der Waals surface area contributed by atoms with Gasteiger partial charge >= 0.3 is 5.97 Å². The molecule has 2 aromatic rings. The number of carbonyl (C=O) groups is 3. The van der Waals surface area contributed by atoms with Crippen molar-refractivity contribution in [2.24, 2.45) is 5.73 Å². The van der Waals surface area contributed by atoms with Crippen LogP contribution < -0.4 is 21.2 Å². The van der Waals surface area contributed by atoms with Gasteiger partial charge in [0.1, 0.15) is 17.4 Å². The van der Waals surface area contributed by atoms with Gasteiger partial charge in [-0.1, -0.05) is 6.07 Å². The van der Waals surface area contributed by atoms with E-state index in [1.54, 1.807) is 13.0 Å². The predicted octanol–water partition coefficient (Wildman–Crippen LogP) is 3.70. The van der Waals surface area contributed by atoms with Gasteiger partial charge in [-0.25, -0.2) is 8.78 Å². The van der Waals surface area contributed by atoms with Crippen molar-refractivity contribution in [3.8, 4) is 28.2 Å². The highest BCUT2D eigenvalue weighted by atomic mass is 19.1. The Morgan fingerprint density at radius 1 is 1.03 bits per heavy atom. The molecule has 0 radical (unpaired) electrons. The third-order valence-corrected chi connectivity index (χ3v) is 6.32. The van der Waals surface area contributed by atoms with Gasteiger partial charge in [0.2, 0.25) is 11.3 Å². The van der Waals surface area contributed by atoms with Gasteiger partial charge in [0.05, 0.1) is 14.2 Å². The Hall–Kier alpha value is -4.80. The lowest BCUT2D eigenvalue weighted by molar-refractivity contribution is -0.140. The van der Waals surface area contributed by atoms with Crippen LogP contribution in [0.2, 0.25) is 0 Å². The highest BCUT2D eigenvalue weighted by Crippen LogP contribution is 2.42. The number of amides is 2. The number of halogens is 2. The number of benzene rings is 3. The summed E-state index contributed by atoms with van der Waals surface area (Å²) in [5, 5.41) is 2.80. The second kappa shape index (κ2) is 10.9. The van der Waals surface area contributed by atoms with E-state index >= 15 is 0 Å². The highest BCUT2D eigenvalue weighted by Gasteiger charge is 2.24. The van der Waals surface area contributed by atoms with E-state index < -0.39 is 40.9 Å². The van der Waals surface area contributed by atoms with E-state index in [1.807, 2.05) is 0 Å². The summed E-state index contributed by atoms with van der Waals surface area (Å²) in [5.41, 5.74) is 6.53. The first-order chi connectivity index (χ1) is 18.5. The fourth-order valence-electron chi connectivity index (χ4n) is 4.32. The molecule has 2 amide bonds. The molecule has 9 nitrogen and oxygen atoms in total. The van der Waals surface area contributed by atoms with E-state index in [0.717, 1.165) is 12.1 Å². The minimum absolute atomic E-state index is 0.0431. The molecule has 0 spiro atoms.